The normalized spacial score (nSPS) is 15.1. The summed E-state index contributed by atoms with van der Waals surface area (Å²) in [5.74, 6) is 1.21. The Morgan fingerprint density at radius 2 is 1.82 bits per heavy atom. The molecular weight excluding hydrogens is 350 g/mol. The minimum atomic E-state index is -0.167. The molecule has 28 heavy (non-hydrogen) atoms. The van der Waals surface area contributed by atoms with Gasteiger partial charge in [0.25, 0.3) is 5.91 Å². The number of fused-ring (bicyclic) bond motifs is 1. The highest BCUT2D eigenvalue weighted by molar-refractivity contribution is 6.07. The standard InChI is InChI=1S/C23H27N3O2/c1-23(2,3)16-10-8-15(9-11-16)22(27)24-21-19-13-12-18(14-20(19)25-26-21)28-17-6-4-5-7-17/h8-14,17H,4-7H2,1-3H3,(H2,24,25,26,27). The van der Waals surface area contributed by atoms with E-state index >= 15 is 0 Å². The summed E-state index contributed by atoms with van der Waals surface area (Å²) in [6.45, 7) is 6.47. The third-order valence-electron chi connectivity index (χ3n) is 5.38. The largest absolute Gasteiger partial charge is 0.490 e. The maximum atomic E-state index is 12.6. The lowest BCUT2D eigenvalue weighted by Gasteiger charge is -2.19. The number of nitrogens with one attached hydrogen (secondary N) is 2. The van der Waals surface area contributed by atoms with Crippen molar-refractivity contribution in [3.05, 3.63) is 53.6 Å². The van der Waals surface area contributed by atoms with Gasteiger partial charge in [-0.05, 0) is 60.9 Å². The number of hydrogen-bond donors (Lipinski definition) is 2. The highest BCUT2D eigenvalue weighted by Crippen LogP contribution is 2.29. The molecule has 0 bridgehead atoms. The molecule has 3 aromatic rings. The summed E-state index contributed by atoms with van der Waals surface area (Å²) in [5, 5.41) is 11.1. The monoisotopic (exact) mass is 377 g/mol. The molecule has 0 unspecified atom stereocenters. The number of rotatable bonds is 4. The quantitative estimate of drug-likeness (QED) is 0.637. The zero-order valence-electron chi connectivity index (χ0n) is 16.7. The summed E-state index contributed by atoms with van der Waals surface area (Å²) < 4.78 is 6.05. The predicted octanol–water partition coefficient (Wildman–Crippen LogP) is 5.43. The van der Waals surface area contributed by atoms with Crippen LogP contribution >= 0.6 is 0 Å². The van der Waals surface area contributed by atoms with Crippen LogP contribution in [0.5, 0.6) is 5.75 Å². The molecule has 1 saturated carbocycles. The third-order valence-corrected chi connectivity index (χ3v) is 5.38. The molecule has 0 atom stereocenters. The Balaban J connectivity index is 1.49. The topological polar surface area (TPSA) is 67.0 Å². The van der Waals surface area contributed by atoms with Crippen LogP contribution in [-0.4, -0.2) is 22.2 Å². The average molecular weight is 377 g/mol. The van der Waals surface area contributed by atoms with Gasteiger partial charge < -0.3 is 10.1 Å². The van der Waals surface area contributed by atoms with Crippen LogP contribution in [0.4, 0.5) is 5.82 Å². The van der Waals surface area contributed by atoms with Crippen molar-refractivity contribution < 1.29 is 9.53 Å². The van der Waals surface area contributed by atoms with Crippen molar-refractivity contribution in [3.63, 3.8) is 0 Å². The van der Waals surface area contributed by atoms with E-state index in [-0.39, 0.29) is 11.3 Å². The van der Waals surface area contributed by atoms with Crippen LogP contribution in [0, 0.1) is 0 Å². The number of nitrogens with zero attached hydrogens (tertiary/aromatic N) is 1. The molecule has 5 nitrogen and oxygen atoms in total. The van der Waals surface area contributed by atoms with E-state index in [1.54, 1.807) is 0 Å². The van der Waals surface area contributed by atoms with Crippen molar-refractivity contribution in [2.24, 2.45) is 0 Å². The minimum Gasteiger partial charge on any atom is -0.490 e. The SMILES string of the molecule is CC(C)(C)c1ccc(C(=O)Nc2n[nH]c3cc(OC4CCCC4)ccc23)cc1. The number of benzene rings is 2. The number of amides is 1. The van der Waals surface area contributed by atoms with Crippen LogP contribution in [0.25, 0.3) is 10.9 Å². The van der Waals surface area contributed by atoms with Gasteiger partial charge in [0.2, 0.25) is 0 Å². The van der Waals surface area contributed by atoms with Gasteiger partial charge in [-0.3, -0.25) is 9.89 Å². The van der Waals surface area contributed by atoms with E-state index in [0.717, 1.165) is 29.5 Å². The summed E-state index contributed by atoms with van der Waals surface area (Å²) >= 11 is 0. The second-order valence-corrected chi connectivity index (χ2v) is 8.59. The molecule has 1 heterocycles. The molecule has 2 aromatic carbocycles. The smallest absolute Gasteiger partial charge is 0.256 e. The van der Waals surface area contributed by atoms with Crippen LogP contribution in [0.15, 0.2) is 42.5 Å². The van der Waals surface area contributed by atoms with Crippen LogP contribution in [0.2, 0.25) is 0 Å². The molecule has 0 spiro atoms. The average Bonchev–Trinajstić information content (AvgIpc) is 3.31. The first kappa shape index (κ1) is 18.5. The van der Waals surface area contributed by atoms with E-state index < -0.39 is 0 Å². The molecule has 146 valence electrons. The highest BCUT2D eigenvalue weighted by atomic mass is 16.5. The summed E-state index contributed by atoms with van der Waals surface area (Å²) in [6.07, 6.45) is 5.04. The van der Waals surface area contributed by atoms with E-state index in [9.17, 15) is 4.79 Å². The molecule has 1 fully saturated rings. The zero-order chi connectivity index (χ0) is 19.7. The van der Waals surface area contributed by atoms with Crippen molar-refractivity contribution in [3.8, 4) is 5.75 Å². The van der Waals surface area contributed by atoms with E-state index in [2.05, 4.69) is 36.3 Å². The van der Waals surface area contributed by atoms with Gasteiger partial charge in [-0.25, -0.2) is 0 Å². The Kier molecular flexibility index (Phi) is 4.84. The van der Waals surface area contributed by atoms with Crippen molar-refractivity contribution >= 4 is 22.6 Å². The van der Waals surface area contributed by atoms with Gasteiger partial charge >= 0.3 is 0 Å². The molecule has 1 aliphatic rings. The Morgan fingerprint density at radius 3 is 2.50 bits per heavy atom. The van der Waals surface area contributed by atoms with E-state index in [0.29, 0.717) is 17.5 Å². The fraction of sp³-hybridized carbons (Fsp3) is 0.391. The second kappa shape index (κ2) is 7.30. The Labute approximate surface area is 165 Å². The molecule has 1 amide bonds. The lowest BCUT2D eigenvalue weighted by Crippen LogP contribution is -2.14. The summed E-state index contributed by atoms with van der Waals surface area (Å²) in [4.78, 5) is 12.6. The fourth-order valence-electron chi connectivity index (χ4n) is 3.67. The van der Waals surface area contributed by atoms with Crippen molar-refractivity contribution in [1.82, 2.24) is 10.2 Å². The van der Waals surface area contributed by atoms with Crippen molar-refractivity contribution in [2.75, 3.05) is 5.32 Å². The summed E-state index contributed by atoms with van der Waals surface area (Å²) in [5.41, 5.74) is 2.73. The van der Waals surface area contributed by atoms with Crippen LogP contribution in [0.1, 0.15) is 62.4 Å². The number of H-pyrrole nitrogens is 1. The maximum absolute atomic E-state index is 12.6. The second-order valence-electron chi connectivity index (χ2n) is 8.59. The predicted molar refractivity (Wildman–Crippen MR) is 112 cm³/mol. The molecule has 0 aliphatic heterocycles. The first-order valence-corrected chi connectivity index (χ1v) is 9.97. The Hall–Kier alpha value is -2.82. The number of carbonyl (C=O) groups excluding carboxylic acids is 1. The molecule has 2 N–H and O–H groups in total. The van der Waals surface area contributed by atoms with Crippen LogP contribution in [0.3, 0.4) is 0 Å². The highest BCUT2D eigenvalue weighted by Gasteiger charge is 2.18. The van der Waals surface area contributed by atoms with Gasteiger partial charge in [0.1, 0.15) is 5.75 Å². The van der Waals surface area contributed by atoms with Crippen LogP contribution < -0.4 is 10.1 Å². The first-order chi connectivity index (χ1) is 13.4. The minimum absolute atomic E-state index is 0.0612. The van der Waals surface area contributed by atoms with Gasteiger partial charge in [-0.2, -0.15) is 5.10 Å². The lowest BCUT2D eigenvalue weighted by molar-refractivity contribution is 0.102. The first-order valence-electron chi connectivity index (χ1n) is 9.97. The third kappa shape index (κ3) is 3.88. The number of carbonyl (C=O) groups is 1. The Morgan fingerprint density at radius 1 is 1.11 bits per heavy atom. The van der Waals surface area contributed by atoms with E-state index in [4.69, 9.17) is 4.74 Å². The van der Waals surface area contributed by atoms with Gasteiger partial charge in [0.15, 0.2) is 5.82 Å². The van der Waals surface area contributed by atoms with E-state index in [1.165, 1.54) is 18.4 Å². The maximum Gasteiger partial charge on any atom is 0.256 e. The van der Waals surface area contributed by atoms with Crippen molar-refractivity contribution in [1.29, 1.82) is 0 Å². The van der Waals surface area contributed by atoms with E-state index in [1.807, 2.05) is 42.5 Å². The number of aromatic amines is 1. The molecule has 0 radical (unpaired) electrons. The molecular formula is C23H27N3O2. The Bertz CT molecular complexity index is 977. The van der Waals surface area contributed by atoms with Crippen LogP contribution in [-0.2, 0) is 5.41 Å². The zero-order valence-corrected chi connectivity index (χ0v) is 16.7. The van der Waals surface area contributed by atoms with Gasteiger partial charge in [-0.1, -0.05) is 32.9 Å². The molecule has 1 aromatic heterocycles. The molecule has 0 saturated heterocycles. The molecule has 5 heteroatoms. The lowest BCUT2D eigenvalue weighted by atomic mass is 9.87. The van der Waals surface area contributed by atoms with Crippen molar-refractivity contribution in [2.45, 2.75) is 58.0 Å². The number of ether oxygens (including phenoxy) is 1. The van der Waals surface area contributed by atoms with Gasteiger partial charge in [0.05, 0.1) is 11.6 Å². The molecule has 1 aliphatic carbocycles. The van der Waals surface area contributed by atoms with Gasteiger partial charge in [0, 0.05) is 17.0 Å². The fourth-order valence-corrected chi connectivity index (χ4v) is 3.67. The molecule has 4 rings (SSSR count). The number of anilines is 1. The van der Waals surface area contributed by atoms with Gasteiger partial charge in [-0.15, -0.1) is 0 Å². The summed E-state index contributed by atoms with van der Waals surface area (Å²) in [6, 6.07) is 13.6. The number of hydrogen-bond acceptors (Lipinski definition) is 3. The number of aromatic nitrogens is 2. The summed E-state index contributed by atoms with van der Waals surface area (Å²) in [7, 11) is 0.